The van der Waals surface area contributed by atoms with Crippen molar-refractivity contribution in [1.29, 1.82) is 0 Å². The molecule has 1 atom stereocenters. The molecule has 1 aromatic heterocycles. The SMILES string of the molecule is Cc1c(C(=O)Nc2cccc3c2[C@H](C)CC3(C)C)c(C(F)(F)F)nn1C. The topological polar surface area (TPSA) is 46.9 Å². The van der Waals surface area contributed by atoms with Gasteiger partial charge in [0.1, 0.15) is 0 Å². The smallest absolute Gasteiger partial charge is 0.322 e. The van der Waals surface area contributed by atoms with Crippen LogP contribution >= 0.6 is 0 Å². The fourth-order valence-corrected chi connectivity index (χ4v) is 4.04. The van der Waals surface area contributed by atoms with Gasteiger partial charge in [-0.15, -0.1) is 0 Å². The summed E-state index contributed by atoms with van der Waals surface area (Å²) in [6, 6.07) is 5.59. The average molecular weight is 365 g/mol. The maximum absolute atomic E-state index is 13.3. The van der Waals surface area contributed by atoms with Gasteiger partial charge in [0.2, 0.25) is 0 Å². The van der Waals surface area contributed by atoms with Gasteiger partial charge in [0.15, 0.2) is 5.69 Å². The normalized spacial score (nSPS) is 18.7. The zero-order chi connectivity index (χ0) is 19.4. The molecule has 0 radical (unpaired) electrons. The Morgan fingerprint density at radius 2 is 2.00 bits per heavy atom. The third-order valence-corrected chi connectivity index (χ3v) is 5.22. The van der Waals surface area contributed by atoms with Crippen LogP contribution in [-0.2, 0) is 18.6 Å². The second-order valence-corrected chi connectivity index (χ2v) is 7.64. The van der Waals surface area contributed by atoms with Gasteiger partial charge >= 0.3 is 6.18 Å². The van der Waals surface area contributed by atoms with Gasteiger partial charge in [0, 0.05) is 18.4 Å². The summed E-state index contributed by atoms with van der Waals surface area (Å²) in [5.74, 6) is -0.568. The molecule has 0 spiro atoms. The number of aromatic nitrogens is 2. The van der Waals surface area contributed by atoms with Gasteiger partial charge in [0.25, 0.3) is 5.91 Å². The Labute approximate surface area is 150 Å². The molecule has 1 heterocycles. The van der Waals surface area contributed by atoms with E-state index in [9.17, 15) is 18.0 Å². The number of nitrogens with zero attached hydrogens (tertiary/aromatic N) is 2. The van der Waals surface area contributed by atoms with Crippen LogP contribution in [0, 0.1) is 6.92 Å². The summed E-state index contributed by atoms with van der Waals surface area (Å²) in [5, 5.41) is 6.19. The van der Waals surface area contributed by atoms with Gasteiger partial charge in [-0.3, -0.25) is 9.48 Å². The number of hydrogen-bond acceptors (Lipinski definition) is 2. The molecule has 0 saturated carbocycles. The quantitative estimate of drug-likeness (QED) is 0.832. The predicted octanol–water partition coefficient (Wildman–Crippen LogP) is 4.78. The third kappa shape index (κ3) is 2.89. The monoisotopic (exact) mass is 365 g/mol. The lowest BCUT2D eigenvalue weighted by Gasteiger charge is -2.19. The number of carbonyl (C=O) groups excluding carboxylic acids is 1. The van der Waals surface area contributed by atoms with Crippen molar-refractivity contribution in [2.24, 2.45) is 7.05 Å². The number of carbonyl (C=O) groups is 1. The molecule has 0 bridgehead atoms. The zero-order valence-corrected chi connectivity index (χ0v) is 15.5. The fraction of sp³-hybridized carbons (Fsp3) is 0.474. The molecule has 4 nitrogen and oxygen atoms in total. The van der Waals surface area contributed by atoms with Crippen LogP contribution in [0.15, 0.2) is 18.2 Å². The molecule has 1 amide bonds. The molecule has 1 N–H and O–H groups in total. The van der Waals surface area contributed by atoms with Gasteiger partial charge < -0.3 is 5.32 Å². The Morgan fingerprint density at radius 3 is 2.62 bits per heavy atom. The van der Waals surface area contributed by atoms with E-state index in [1.807, 2.05) is 12.1 Å². The Hall–Kier alpha value is -2.31. The third-order valence-electron chi connectivity index (χ3n) is 5.22. The predicted molar refractivity (Wildman–Crippen MR) is 93.4 cm³/mol. The van der Waals surface area contributed by atoms with Crippen molar-refractivity contribution < 1.29 is 18.0 Å². The highest BCUT2D eigenvalue weighted by atomic mass is 19.4. The summed E-state index contributed by atoms with van der Waals surface area (Å²) in [4.78, 5) is 12.7. The van der Waals surface area contributed by atoms with E-state index in [4.69, 9.17) is 0 Å². The van der Waals surface area contributed by atoms with Crippen molar-refractivity contribution in [2.45, 2.75) is 51.6 Å². The number of aryl methyl sites for hydroxylation is 1. The molecule has 140 valence electrons. The van der Waals surface area contributed by atoms with Gasteiger partial charge in [-0.2, -0.15) is 18.3 Å². The zero-order valence-electron chi connectivity index (χ0n) is 15.5. The number of halogens is 3. The second-order valence-electron chi connectivity index (χ2n) is 7.64. The second kappa shape index (κ2) is 5.86. The highest BCUT2D eigenvalue weighted by molar-refractivity contribution is 6.06. The Kier molecular flexibility index (Phi) is 4.16. The van der Waals surface area contributed by atoms with Crippen molar-refractivity contribution in [3.8, 4) is 0 Å². The number of nitrogens with one attached hydrogen (secondary N) is 1. The highest BCUT2D eigenvalue weighted by Crippen LogP contribution is 2.48. The Bertz CT molecular complexity index is 881. The number of hydrogen-bond donors (Lipinski definition) is 1. The molecular formula is C19H22F3N3O. The fourth-order valence-electron chi connectivity index (χ4n) is 4.04. The first-order valence-electron chi connectivity index (χ1n) is 8.49. The van der Waals surface area contributed by atoms with Crippen LogP contribution in [0.2, 0.25) is 0 Å². The largest absolute Gasteiger partial charge is 0.435 e. The van der Waals surface area contributed by atoms with Crippen molar-refractivity contribution in [3.63, 3.8) is 0 Å². The van der Waals surface area contributed by atoms with E-state index in [0.29, 0.717) is 5.69 Å². The molecule has 1 aromatic carbocycles. The van der Waals surface area contributed by atoms with E-state index < -0.39 is 23.3 Å². The lowest BCUT2D eigenvalue weighted by molar-refractivity contribution is -0.141. The average Bonchev–Trinajstić information content (AvgIpc) is 2.94. The molecule has 0 unspecified atom stereocenters. The molecule has 0 aliphatic heterocycles. The summed E-state index contributed by atoms with van der Waals surface area (Å²) in [6.07, 6.45) is -3.76. The van der Waals surface area contributed by atoms with Crippen molar-refractivity contribution >= 4 is 11.6 Å². The minimum atomic E-state index is -4.69. The molecule has 1 aliphatic rings. The number of alkyl halides is 3. The summed E-state index contributed by atoms with van der Waals surface area (Å²) >= 11 is 0. The molecule has 0 fully saturated rings. The number of amides is 1. The lowest BCUT2D eigenvalue weighted by atomic mass is 9.86. The standard InChI is InChI=1S/C19H22F3N3O/c1-10-9-18(3,4)12-7-6-8-13(14(10)12)23-17(26)15-11(2)25(5)24-16(15)19(20,21)22/h6-8,10H,9H2,1-5H3,(H,23,26)/t10-/m1/s1. The van der Waals surface area contributed by atoms with Crippen LogP contribution in [0.25, 0.3) is 0 Å². The molecule has 3 rings (SSSR count). The van der Waals surface area contributed by atoms with Gasteiger partial charge in [-0.1, -0.05) is 32.9 Å². The van der Waals surface area contributed by atoms with Crippen LogP contribution < -0.4 is 5.32 Å². The Morgan fingerprint density at radius 1 is 1.35 bits per heavy atom. The minimum Gasteiger partial charge on any atom is -0.322 e. The summed E-state index contributed by atoms with van der Waals surface area (Å²) in [7, 11) is 1.40. The highest BCUT2D eigenvalue weighted by Gasteiger charge is 2.41. The first-order valence-corrected chi connectivity index (χ1v) is 8.49. The van der Waals surface area contributed by atoms with Crippen LogP contribution in [0.5, 0.6) is 0 Å². The van der Waals surface area contributed by atoms with E-state index >= 15 is 0 Å². The van der Waals surface area contributed by atoms with E-state index in [2.05, 4.69) is 31.2 Å². The first kappa shape index (κ1) is 18.5. The van der Waals surface area contributed by atoms with Crippen molar-refractivity contribution in [3.05, 3.63) is 46.3 Å². The van der Waals surface area contributed by atoms with E-state index in [1.54, 1.807) is 6.07 Å². The van der Waals surface area contributed by atoms with E-state index in [1.165, 1.54) is 14.0 Å². The summed E-state index contributed by atoms with van der Waals surface area (Å²) in [5.41, 5.74) is 1.26. The first-order chi connectivity index (χ1) is 11.9. The van der Waals surface area contributed by atoms with Crippen LogP contribution in [0.1, 0.15) is 66.0 Å². The summed E-state index contributed by atoms with van der Waals surface area (Å²) in [6.45, 7) is 7.79. The maximum atomic E-state index is 13.3. The maximum Gasteiger partial charge on any atom is 0.435 e. The Balaban J connectivity index is 2.03. The number of anilines is 1. The summed E-state index contributed by atoms with van der Waals surface area (Å²) < 4.78 is 40.9. The van der Waals surface area contributed by atoms with Crippen molar-refractivity contribution in [1.82, 2.24) is 9.78 Å². The molecule has 1 aliphatic carbocycles. The molecular weight excluding hydrogens is 343 g/mol. The molecule has 2 aromatic rings. The van der Waals surface area contributed by atoms with Gasteiger partial charge in [0.05, 0.1) is 5.56 Å². The minimum absolute atomic E-state index is 0.0309. The van der Waals surface area contributed by atoms with E-state index in [0.717, 1.165) is 22.2 Å². The van der Waals surface area contributed by atoms with E-state index in [-0.39, 0.29) is 17.0 Å². The molecule has 0 saturated heterocycles. The molecule has 26 heavy (non-hydrogen) atoms. The van der Waals surface area contributed by atoms with Gasteiger partial charge in [-0.05, 0) is 41.9 Å². The lowest BCUT2D eigenvalue weighted by Crippen LogP contribution is -2.19. The van der Waals surface area contributed by atoms with Gasteiger partial charge in [-0.25, -0.2) is 0 Å². The number of fused-ring (bicyclic) bond motifs is 1. The van der Waals surface area contributed by atoms with Crippen LogP contribution in [-0.4, -0.2) is 15.7 Å². The van der Waals surface area contributed by atoms with Crippen LogP contribution in [0.3, 0.4) is 0 Å². The van der Waals surface area contributed by atoms with Crippen molar-refractivity contribution in [2.75, 3.05) is 5.32 Å². The number of rotatable bonds is 2. The number of benzene rings is 1. The molecule has 7 heteroatoms. The van der Waals surface area contributed by atoms with Crippen LogP contribution in [0.4, 0.5) is 18.9 Å².